The highest BCUT2D eigenvalue weighted by atomic mass is 35.5. The fourth-order valence-electron chi connectivity index (χ4n) is 0.614. The Bertz CT molecular complexity index is 275. The van der Waals surface area contributed by atoms with Gasteiger partial charge in [-0.15, -0.1) is 0 Å². The van der Waals surface area contributed by atoms with Gasteiger partial charge in [0.25, 0.3) is 0 Å². The van der Waals surface area contributed by atoms with Crippen LogP contribution < -0.4 is 4.74 Å². The second-order valence-electron chi connectivity index (χ2n) is 1.91. The van der Waals surface area contributed by atoms with Crippen LogP contribution in [0, 0.1) is 0 Å². The van der Waals surface area contributed by atoms with Gasteiger partial charge in [0, 0.05) is 19.2 Å². The van der Waals surface area contributed by atoms with Gasteiger partial charge in [-0.05, 0) is 6.07 Å². The molecule has 4 heteroatoms. The summed E-state index contributed by atoms with van der Waals surface area (Å²) in [6.07, 6.45) is 1.47. The van der Waals surface area contributed by atoms with Crippen LogP contribution in [0.3, 0.4) is 0 Å². The lowest BCUT2D eigenvalue weighted by molar-refractivity contribution is -0.131. The molecule has 0 bridgehead atoms. The lowest BCUT2D eigenvalue weighted by Crippen LogP contribution is -2.00. The normalized spacial score (nSPS) is 9.27. The molecule has 1 heterocycles. The zero-order chi connectivity index (χ0) is 8.27. The van der Waals surface area contributed by atoms with Crippen molar-refractivity contribution in [3.63, 3.8) is 0 Å². The number of hydrogen-bond acceptors (Lipinski definition) is 3. The smallest absolute Gasteiger partial charge is 0.308 e. The Labute approximate surface area is 69.0 Å². The minimum atomic E-state index is -0.368. The largest absolute Gasteiger partial charge is 0.427 e. The van der Waals surface area contributed by atoms with Gasteiger partial charge in [-0.3, -0.25) is 4.79 Å². The monoisotopic (exact) mass is 171 g/mol. The van der Waals surface area contributed by atoms with Crippen LogP contribution in [0.5, 0.6) is 5.75 Å². The molecule has 11 heavy (non-hydrogen) atoms. The Morgan fingerprint density at radius 1 is 1.73 bits per heavy atom. The van der Waals surface area contributed by atoms with Crippen molar-refractivity contribution >= 4 is 17.6 Å². The molecular formula is C7H6ClNO2. The first kappa shape index (κ1) is 8.01. The molecule has 0 aliphatic rings. The molecule has 0 spiro atoms. The Morgan fingerprint density at radius 3 is 3.00 bits per heavy atom. The Morgan fingerprint density at radius 2 is 2.45 bits per heavy atom. The summed E-state index contributed by atoms with van der Waals surface area (Å²) in [6.45, 7) is 1.33. The first-order valence-electron chi connectivity index (χ1n) is 2.98. The summed E-state index contributed by atoms with van der Waals surface area (Å²) >= 11 is 5.53. The number of ether oxygens (including phenoxy) is 1. The predicted molar refractivity (Wildman–Crippen MR) is 40.6 cm³/mol. The number of carbonyl (C=O) groups is 1. The van der Waals surface area contributed by atoms with Gasteiger partial charge in [-0.25, -0.2) is 4.98 Å². The van der Waals surface area contributed by atoms with Crippen molar-refractivity contribution in [3.8, 4) is 5.75 Å². The van der Waals surface area contributed by atoms with Crippen LogP contribution >= 0.6 is 11.6 Å². The van der Waals surface area contributed by atoms with E-state index in [0.717, 1.165) is 0 Å². The topological polar surface area (TPSA) is 39.2 Å². The van der Waals surface area contributed by atoms with Gasteiger partial charge in [0.1, 0.15) is 10.9 Å². The first-order valence-corrected chi connectivity index (χ1v) is 3.36. The number of pyridine rings is 1. The highest BCUT2D eigenvalue weighted by Gasteiger charge is 1.97. The lowest BCUT2D eigenvalue weighted by atomic mass is 10.4. The summed E-state index contributed by atoms with van der Waals surface area (Å²) in [4.78, 5) is 14.2. The van der Waals surface area contributed by atoms with E-state index in [1.165, 1.54) is 19.2 Å². The molecule has 0 fully saturated rings. The second kappa shape index (κ2) is 3.34. The van der Waals surface area contributed by atoms with Crippen LogP contribution in [0.4, 0.5) is 0 Å². The third-order valence-corrected chi connectivity index (χ3v) is 1.17. The molecule has 0 saturated heterocycles. The highest BCUT2D eigenvalue weighted by Crippen LogP contribution is 2.13. The number of aromatic nitrogens is 1. The second-order valence-corrected chi connectivity index (χ2v) is 2.30. The molecule has 0 aromatic carbocycles. The molecular weight excluding hydrogens is 166 g/mol. The van der Waals surface area contributed by atoms with Crippen LogP contribution in [0.2, 0.25) is 5.15 Å². The van der Waals surface area contributed by atoms with Crippen molar-refractivity contribution in [2.45, 2.75) is 6.92 Å². The van der Waals surface area contributed by atoms with Crippen molar-refractivity contribution in [1.82, 2.24) is 4.98 Å². The molecule has 3 nitrogen and oxygen atoms in total. The van der Waals surface area contributed by atoms with E-state index in [4.69, 9.17) is 16.3 Å². The molecule has 0 radical (unpaired) electrons. The van der Waals surface area contributed by atoms with Crippen molar-refractivity contribution in [3.05, 3.63) is 23.5 Å². The lowest BCUT2D eigenvalue weighted by Gasteiger charge is -1.98. The van der Waals surface area contributed by atoms with Crippen LogP contribution in [0.1, 0.15) is 6.92 Å². The maximum Gasteiger partial charge on any atom is 0.308 e. The van der Waals surface area contributed by atoms with Gasteiger partial charge < -0.3 is 4.74 Å². The van der Waals surface area contributed by atoms with Crippen LogP contribution in [0.25, 0.3) is 0 Å². The first-order chi connectivity index (χ1) is 5.18. The average Bonchev–Trinajstić information content (AvgIpc) is 1.85. The van der Waals surface area contributed by atoms with Crippen molar-refractivity contribution in [2.24, 2.45) is 0 Å². The van der Waals surface area contributed by atoms with E-state index >= 15 is 0 Å². The summed E-state index contributed by atoms with van der Waals surface area (Å²) in [5.74, 6) is 0.0461. The highest BCUT2D eigenvalue weighted by molar-refractivity contribution is 6.29. The van der Waals surface area contributed by atoms with Gasteiger partial charge in [-0.2, -0.15) is 0 Å². The number of carbonyl (C=O) groups excluding carboxylic acids is 1. The molecule has 58 valence electrons. The predicted octanol–water partition coefficient (Wildman–Crippen LogP) is 1.66. The third-order valence-electron chi connectivity index (χ3n) is 0.960. The summed E-state index contributed by atoms with van der Waals surface area (Å²) in [6, 6.07) is 3.04. The van der Waals surface area contributed by atoms with Crippen LogP contribution in [-0.2, 0) is 4.79 Å². The van der Waals surface area contributed by atoms with Crippen LogP contribution in [-0.4, -0.2) is 11.0 Å². The molecule has 0 saturated carbocycles. The molecule has 1 rings (SSSR count). The van der Waals surface area contributed by atoms with E-state index in [9.17, 15) is 4.79 Å². The van der Waals surface area contributed by atoms with E-state index < -0.39 is 0 Å². The zero-order valence-electron chi connectivity index (χ0n) is 5.87. The van der Waals surface area contributed by atoms with Gasteiger partial charge in [0.2, 0.25) is 0 Å². The molecule has 1 aromatic rings. The van der Waals surface area contributed by atoms with E-state index in [1.807, 2.05) is 0 Å². The van der Waals surface area contributed by atoms with Crippen molar-refractivity contribution in [2.75, 3.05) is 0 Å². The third kappa shape index (κ3) is 2.55. The molecule has 1 aromatic heterocycles. The Kier molecular flexibility index (Phi) is 2.44. The van der Waals surface area contributed by atoms with E-state index in [-0.39, 0.29) is 5.97 Å². The van der Waals surface area contributed by atoms with Crippen molar-refractivity contribution < 1.29 is 9.53 Å². The number of hydrogen-bond donors (Lipinski definition) is 0. The number of esters is 1. The molecule has 0 aliphatic heterocycles. The maximum absolute atomic E-state index is 10.4. The SMILES string of the molecule is CC(=O)Oc1ccnc(Cl)c1. The fraction of sp³-hybridized carbons (Fsp3) is 0.143. The fourth-order valence-corrected chi connectivity index (χ4v) is 0.778. The van der Waals surface area contributed by atoms with E-state index in [1.54, 1.807) is 6.07 Å². The van der Waals surface area contributed by atoms with Gasteiger partial charge in [0.05, 0.1) is 0 Å². The molecule has 0 aliphatic carbocycles. The molecule has 0 atom stereocenters. The quantitative estimate of drug-likeness (QED) is 0.477. The van der Waals surface area contributed by atoms with Crippen molar-refractivity contribution in [1.29, 1.82) is 0 Å². The van der Waals surface area contributed by atoms with Gasteiger partial charge in [-0.1, -0.05) is 11.6 Å². The standard InChI is InChI=1S/C7H6ClNO2/c1-5(10)11-6-2-3-9-7(8)4-6/h2-4H,1H3. The summed E-state index contributed by atoms with van der Waals surface area (Å²) in [7, 11) is 0. The molecule has 0 amide bonds. The summed E-state index contributed by atoms with van der Waals surface area (Å²) < 4.78 is 4.73. The van der Waals surface area contributed by atoms with E-state index in [2.05, 4.69) is 4.98 Å². The molecule has 0 N–H and O–H groups in total. The number of rotatable bonds is 1. The summed E-state index contributed by atoms with van der Waals surface area (Å²) in [5, 5.41) is 0.309. The molecule has 0 unspecified atom stereocenters. The minimum Gasteiger partial charge on any atom is -0.427 e. The summed E-state index contributed by atoms with van der Waals surface area (Å²) in [5.41, 5.74) is 0. The number of halogens is 1. The van der Waals surface area contributed by atoms with Gasteiger partial charge >= 0.3 is 5.97 Å². The Balaban J connectivity index is 2.79. The average molecular weight is 172 g/mol. The zero-order valence-corrected chi connectivity index (χ0v) is 6.63. The van der Waals surface area contributed by atoms with Crippen LogP contribution in [0.15, 0.2) is 18.3 Å². The Hall–Kier alpha value is -1.09. The minimum absolute atomic E-state index is 0.309. The van der Waals surface area contributed by atoms with E-state index in [0.29, 0.717) is 10.9 Å². The number of nitrogens with zero attached hydrogens (tertiary/aromatic N) is 1. The van der Waals surface area contributed by atoms with Gasteiger partial charge in [0.15, 0.2) is 0 Å². The maximum atomic E-state index is 10.4.